The van der Waals surface area contributed by atoms with Gasteiger partial charge in [-0.05, 0) is 56.5 Å². The molecular formula is C28H33F2N3O6. The van der Waals surface area contributed by atoms with E-state index < -0.39 is 30.7 Å². The number of carbonyl (C=O) groups is 1. The minimum Gasteiger partial charge on any atom is -0.493 e. The SMILES string of the molecule is COc1ccc(Cn2c(=O)c3cccc(OC(CF)CF)c3n(C3CCN(C=O)CC3)c2=O)cc1OC(C)C. The van der Waals surface area contributed by atoms with Crippen molar-refractivity contribution in [3.63, 3.8) is 0 Å². The second-order valence-corrected chi connectivity index (χ2v) is 9.77. The molecule has 0 saturated carbocycles. The van der Waals surface area contributed by atoms with Gasteiger partial charge in [-0.1, -0.05) is 12.1 Å². The number of carbonyl (C=O) groups excluding carboxylic acids is 1. The summed E-state index contributed by atoms with van der Waals surface area (Å²) in [5.41, 5.74) is -0.290. The van der Waals surface area contributed by atoms with Crippen LogP contribution >= 0.6 is 0 Å². The molecule has 9 nitrogen and oxygen atoms in total. The van der Waals surface area contributed by atoms with E-state index >= 15 is 0 Å². The summed E-state index contributed by atoms with van der Waals surface area (Å²) in [6.45, 7) is 2.44. The summed E-state index contributed by atoms with van der Waals surface area (Å²) in [6.07, 6.45) is 0.204. The van der Waals surface area contributed by atoms with Crippen molar-refractivity contribution in [2.45, 2.75) is 51.5 Å². The van der Waals surface area contributed by atoms with E-state index in [0.717, 1.165) is 11.0 Å². The number of benzene rings is 2. The first-order valence-corrected chi connectivity index (χ1v) is 12.9. The topological polar surface area (TPSA) is 92.0 Å². The van der Waals surface area contributed by atoms with Gasteiger partial charge in [-0.25, -0.2) is 13.6 Å². The molecule has 1 fully saturated rings. The standard InChI is InChI=1S/C28H33F2N3O6/c1-18(2)38-25-13-19(7-8-23(25)37-3)16-32-27(35)22-5-4-6-24(39-21(14-29)15-30)26(22)33(28(32)36)20-9-11-31(17-34)12-10-20/h4-8,13,17-18,20-21H,9-12,14-16H2,1-3H3. The third kappa shape index (κ3) is 5.91. The Morgan fingerprint density at radius 2 is 1.72 bits per heavy atom. The molecular weight excluding hydrogens is 512 g/mol. The molecule has 1 aliphatic rings. The first-order chi connectivity index (χ1) is 18.8. The van der Waals surface area contributed by atoms with Gasteiger partial charge in [0.05, 0.1) is 25.1 Å². The zero-order chi connectivity index (χ0) is 28.1. The number of fused-ring (bicyclic) bond motifs is 1. The highest BCUT2D eigenvalue weighted by atomic mass is 19.1. The van der Waals surface area contributed by atoms with Gasteiger partial charge in [-0.2, -0.15) is 0 Å². The van der Waals surface area contributed by atoms with Gasteiger partial charge in [0, 0.05) is 19.1 Å². The maximum atomic E-state index is 14.0. The van der Waals surface area contributed by atoms with Crippen molar-refractivity contribution >= 4 is 17.3 Å². The van der Waals surface area contributed by atoms with E-state index in [1.807, 2.05) is 13.8 Å². The Balaban J connectivity index is 1.88. The number of aromatic nitrogens is 2. The molecule has 0 atom stereocenters. The fourth-order valence-corrected chi connectivity index (χ4v) is 4.86. The second kappa shape index (κ2) is 12.3. The quantitative estimate of drug-likeness (QED) is 0.343. The summed E-state index contributed by atoms with van der Waals surface area (Å²) in [7, 11) is 1.53. The molecule has 3 aromatic rings. The lowest BCUT2D eigenvalue weighted by Crippen LogP contribution is -2.44. The van der Waals surface area contributed by atoms with Crippen molar-refractivity contribution in [2.24, 2.45) is 0 Å². The van der Waals surface area contributed by atoms with Crippen LogP contribution in [0, 0.1) is 0 Å². The van der Waals surface area contributed by atoms with Crippen LogP contribution in [0.15, 0.2) is 46.0 Å². The van der Waals surface area contributed by atoms with E-state index in [9.17, 15) is 23.2 Å². The second-order valence-electron chi connectivity index (χ2n) is 9.77. The Bertz CT molecular complexity index is 1430. The normalized spacial score (nSPS) is 14.3. The number of ether oxygens (including phenoxy) is 3. The fourth-order valence-electron chi connectivity index (χ4n) is 4.86. The van der Waals surface area contributed by atoms with Gasteiger partial charge < -0.3 is 19.1 Å². The molecule has 0 radical (unpaired) electrons. The highest BCUT2D eigenvalue weighted by Crippen LogP contribution is 2.31. The molecule has 1 aromatic heterocycles. The van der Waals surface area contributed by atoms with Crippen LogP contribution in [-0.2, 0) is 11.3 Å². The molecule has 210 valence electrons. The number of halogens is 2. The fraction of sp³-hybridized carbons (Fsp3) is 0.464. The van der Waals surface area contributed by atoms with E-state index in [1.165, 1.54) is 17.7 Å². The van der Waals surface area contributed by atoms with Crippen LogP contribution in [0.2, 0.25) is 0 Å². The Hall–Kier alpha value is -3.89. The molecule has 11 heteroatoms. The van der Waals surface area contributed by atoms with Crippen molar-refractivity contribution in [3.8, 4) is 17.2 Å². The minimum absolute atomic E-state index is 0.0398. The lowest BCUT2D eigenvalue weighted by atomic mass is 10.0. The average molecular weight is 546 g/mol. The van der Waals surface area contributed by atoms with Gasteiger partial charge in [-0.15, -0.1) is 0 Å². The number of nitrogens with zero attached hydrogens (tertiary/aromatic N) is 3. The number of amides is 1. The molecule has 0 aliphatic carbocycles. The highest BCUT2D eigenvalue weighted by Gasteiger charge is 2.27. The summed E-state index contributed by atoms with van der Waals surface area (Å²) in [5, 5.41) is 0.188. The summed E-state index contributed by atoms with van der Waals surface area (Å²) < 4.78 is 46.2. The smallest absolute Gasteiger partial charge is 0.332 e. The molecule has 0 unspecified atom stereocenters. The maximum absolute atomic E-state index is 14.0. The summed E-state index contributed by atoms with van der Waals surface area (Å²) >= 11 is 0. The number of methoxy groups -OCH3 is 1. The van der Waals surface area contributed by atoms with Crippen molar-refractivity contribution in [1.29, 1.82) is 0 Å². The Labute approximate surface area is 224 Å². The van der Waals surface area contributed by atoms with Crippen LogP contribution < -0.4 is 25.5 Å². The first-order valence-electron chi connectivity index (χ1n) is 12.9. The Morgan fingerprint density at radius 1 is 1.00 bits per heavy atom. The minimum atomic E-state index is -1.36. The van der Waals surface area contributed by atoms with Crippen molar-refractivity contribution < 1.29 is 27.8 Å². The number of hydrogen-bond acceptors (Lipinski definition) is 6. The third-order valence-electron chi connectivity index (χ3n) is 6.73. The summed E-state index contributed by atoms with van der Waals surface area (Å²) in [4.78, 5) is 40.6. The van der Waals surface area contributed by atoms with Crippen LogP contribution in [0.3, 0.4) is 0 Å². The largest absolute Gasteiger partial charge is 0.493 e. The molecule has 1 aliphatic heterocycles. The first kappa shape index (κ1) is 28.1. The van der Waals surface area contributed by atoms with E-state index in [4.69, 9.17) is 14.2 Å². The molecule has 2 heterocycles. The van der Waals surface area contributed by atoms with Crippen LogP contribution in [0.5, 0.6) is 17.2 Å². The van der Waals surface area contributed by atoms with Crippen LogP contribution in [0.4, 0.5) is 8.78 Å². The van der Waals surface area contributed by atoms with E-state index in [1.54, 1.807) is 35.2 Å². The zero-order valence-electron chi connectivity index (χ0n) is 22.3. The number of alkyl halides is 2. The number of likely N-dealkylation sites (tertiary alicyclic amines) is 1. The van der Waals surface area contributed by atoms with Gasteiger partial charge in [-0.3, -0.25) is 18.7 Å². The van der Waals surface area contributed by atoms with Crippen LogP contribution in [-0.4, -0.2) is 66.2 Å². The number of rotatable bonds is 11. The lowest BCUT2D eigenvalue weighted by Gasteiger charge is -2.32. The van der Waals surface area contributed by atoms with Crippen LogP contribution in [0.25, 0.3) is 10.9 Å². The van der Waals surface area contributed by atoms with Crippen molar-refractivity contribution in [3.05, 3.63) is 62.8 Å². The predicted molar refractivity (Wildman–Crippen MR) is 143 cm³/mol. The monoisotopic (exact) mass is 545 g/mol. The third-order valence-corrected chi connectivity index (χ3v) is 6.73. The zero-order valence-corrected chi connectivity index (χ0v) is 22.3. The van der Waals surface area contributed by atoms with E-state index in [-0.39, 0.29) is 35.3 Å². The van der Waals surface area contributed by atoms with Gasteiger partial charge in [0.25, 0.3) is 5.56 Å². The summed E-state index contributed by atoms with van der Waals surface area (Å²) in [6, 6.07) is 9.46. The van der Waals surface area contributed by atoms with E-state index in [2.05, 4.69) is 0 Å². The van der Waals surface area contributed by atoms with Crippen molar-refractivity contribution in [2.75, 3.05) is 33.5 Å². The molecule has 39 heavy (non-hydrogen) atoms. The molecule has 1 amide bonds. The lowest BCUT2D eigenvalue weighted by molar-refractivity contribution is -0.119. The highest BCUT2D eigenvalue weighted by molar-refractivity contribution is 5.84. The Morgan fingerprint density at radius 3 is 2.33 bits per heavy atom. The predicted octanol–water partition coefficient (Wildman–Crippen LogP) is 3.49. The van der Waals surface area contributed by atoms with Gasteiger partial charge in [0.2, 0.25) is 6.41 Å². The van der Waals surface area contributed by atoms with Gasteiger partial charge in [0.15, 0.2) is 17.6 Å². The Kier molecular flexibility index (Phi) is 8.88. The maximum Gasteiger partial charge on any atom is 0.332 e. The van der Waals surface area contributed by atoms with Crippen molar-refractivity contribution in [1.82, 2.24) is 14.0 Å². The number of hydrogen-bond donors (Lipinski definition) is 0. The number of piperidine rings is 1. The molecule has 0 spiro atoms. The number of para-hydroxylation sites is 1. The average Bonchev–Trinajstić information content (AvgIpc) is 2.94. The molecule has 0 bridgehead atoms. The molecule has 0 N–H and O–H groups in total. The molecule has 2 aromatic carbocycles. The van der Waals surface area contributed by atoms with Crippen LogP contribution in [0.1, 0.15) is 38.3 Å². The van der Waals surface area contributed by atoms with Gasteiger partial charge in [0.1, 0.15) is 24.6 Å². The van der Waals surface area contributed by atoms with Gasteiger partial charge >= 0.3 is 5.69 Å². The summed E-state index contributed by atoms with van der Waals surface area (Å²) in [5.74, 6) is 1.07. The molecule has 4 rings (SSSR count). The van der Waals surface area contributed by atoms with E-state index in [0.29, 0.717) is 43.0 Å². The molecule has 1 saturated heterocycles.